The number of fused-ring (bicyclic) bond motifs is 1. The topological polar surface area (TPSA) is 123 Å². The maximum atomic E-state index is 13.3. The van der Waals surface area contributed by atoms with E-state index in [4.69, 9.17) is 16.3 Å². The lowest BCUT2D eigenvalue weighted by Crippen LogP contribution is -2.14. The predicted octanol–water partition coefficient (Wildman–Crippen LogP) is 4.69. The fourth-order valence-corrected chi connectivity index (χ4v) is 4.85. The van der Waals surface area contributed by atoms with Gasteiger partial charge in [-0.3, -0.25) is 15.1 Å². The number of aliphatic hydroxyl groups is 1. The number of hydrogen-bond donors (Lipinski definition) is 2. The first-order valence-corrected chi connectivity index (χ1v) is 12.1. The first kappa shape index (κ1) is 23.3. The lowest BCUT2D eigenvalue weighted by Gasteiger charge is -2.16. The van der Waals surface area contributed by atoms with Crippen LogP contribution in [0.2, 0.25) is 5.15 Å². The molecule has 178 valence electrons. The van der Waals surface area contributed by atoms with Crippen molar-refractivity contribution in [1.29, 1.82) is 0 Å². The molecule has 0 bridgehead atoms. The molecule has 1 amide bonds. The van der Waals surface area contributed by atoms with Gasteiger partial charge in [-0.15, -0.1) is 0 Å². The van der Waals surface area contributed by atoms with Crippen molar-refractivity contribution < 1.29 is 14.6 Å². The molecule has 2 N–H and O–H groups in total. The lowest BCUT2D eigenvalue weighted by atomic mass is 9.97. The fraction of sp³-hybridized carbons (Fsp3) is 0.250. The van der Waals surface area contributed by atoms with Gasteiger partial charge in [0.25, 0.3) is 5.91 Å². The Morgan fingerprint density at radius 2 is 2.03 bits per heavy atom. The van der Waals surface area contributed by atoms with Gasteiger partial charge in [-0.05, 0) is 43.9 Å². The summed E-state index contributed by atoms with van der Waals surface area (Å²) in [6.45, 7) is 1.84. The summed E-state index contributed by atoms with van der Waals surface area (Å²) < 4.78 is 5.44. The molecule has 1 atom stereocenters. The summed E-state index contributed by atoms with van der Waals surface area (Å²) in [7, 11) is 1.53. The fourth-order valence-electron chi connectivity index (χ4n) is 3.89. The van der Waals surface area contributed by atoms with Crippen LogP contribution in [0, 0.1) is 6.92 Å². The number of pyridine rings is 2. The van der Waals surface area contributed by atoms with Crippen LogP contribution in [0.4, 0.5) is 5.13 Å². The highest BCUT2D eigenvalue weighted by Crippen LogP contribution is 2.35. The van der Waals surface area contributed by atoms with Gasteiger partial charge in [0, 0.05) is 23.0 Å². The van der Waals surface area contributed by atoms with Gasteiger partial charge in [0.05, 0.1) is 31.2 Å². The molecule has 1 aliphatic carbocycles. The van der Waals surface area contributed by atoms with Gasteiger partial charge < -0.3 is 9.84 Å². The first-order chi connectivity index (χ1) is 16.9. The highest BCUT2D eigenvalue weighted by Gasteiger charge is 2.20. The molecule has 4 heterocycles. The van der Waals surface area contributed by atoms with Crippen molar-refractivity contribution >= 4 is 49.9 Å². The maximum absolute atomic E-state index is 13.3. The molecule has 0 radical (unpaired) electrons. The minimum Gasteiger partial charge on any atom is -0.494 e. The Morgan fingerprint density at radius 3 is 2.80 bits per heavy atom. The van der Waals surface area contributed by atoms with Crippen molar-refractivity contribution in [3.05, 3.63) is 59.0 Å². The van der Waals surface area contributed by atoms with Crippen LogP contribution in [0.15, 0.2) is 36.8 Å². The van der Waals surface area contributed by atoms with E-state index in [1.165, 1.54) is 30.8 Å². The molecule has 0 aromatic carbocycles. The monoisotopic (exact) mass is 508 g/mol. The molecule has 0 fully saturated rings. The van der Waals surface area contributed by atoms with Crippen molar-refractivity contribution in [3.8, 4) is 16.9 Å². The van der Waals surface area contributed by atoms with Gasteiger partial charge in [0.2, 0.25) is 0 Å². The number of carbonyl (C=O) groups excluding carboxylic acids is 1. The Balaban J connectivity index is 1.45. The molecule has 0 saturated heterocycles. The average Bonchev–Trinajstić information content (AvgIpc) is 3.25. The van der Waals surface area contributed by atoms with Crippen molar-refractivity contribution in [3.63, 3.8) is 0 Å². The third kappa shape index (κ3) is 4.86. The predicted molar refractivity (Wildman–Crippen MR) is 135 cm³/mol. The zero-order chi connectivity index (χ0) is 24.5. The van der Waals surface area contributed by atoms with Crippen LogP contribution < -0.4 is 10.1 Å². The Morgan fingerprint density at radius 1 is 1.17 bits per heavy atom. The molecule has 11 heteroatoms. The molecule has 0 aliphatic heterocycles. The third-order valence-electron chi connectivity index (χ3n) is 5.67. The first-order valence-electron chi connectivity index (χ1n) is 10.9. The van der Waals surface area contributed by atoms with E-state index < -0.39 is 0 Å². The summed E-state index contributed by atoms with van der Waals surface area (Å²) in [5.74, 6) is 0.734. The summed E-state index contributed by atoms with van der Waals surface area (Å²) in [5.41, 5.74) is 3.93. The number of anilines is 1. The van der Waals surface area contributed by atoms with E-state index in [-0.39, 0.29) is 17.2 Å². The number of nitrogens with one attached hydrogen (secondary N) is 1. The number of methoxy groups -OCH3 is 1. The van der Waals surface area contributed by atoms with E-state index >= 15 is 0 Å². The van der Waals surface area contributed by atoms with Gasteiger partial charge >= 0.3 is 0 Å². The van der Waals surface area contributed by atoms with Crippen LogP contribution in [-0.4, -0.2) is 49.1 Å². The van der Waals surface area contributed by atoms with E-state index in [1.807, 2.05) is 13.0 Å². The SMILES string of the molecule is COc1cnc(Cl)cc1-c1cc(C)ncc1C(=O)Nc1nc2cnc(C3=CCC(O)CC3)nc2s1. The normalized spacial score (nSPS) is 15.7. The molecule has 0 spiro atoms. The molecular weight excluding hydrogens is 488 g/mol. The van der Waals surface area contributed by atoms with Crippen molar-refractivity contribution in [2.24, 2.45) is 0 Å². The minimum atomic E-state index is -0.376. The number of rotatable bonds is 5. The Kier molecular flexibility index (Phi) is 6.42. The van der Waals surface area contributed by atoms with Crippen molar-refractivity contribution in [2.75, 3.05) is 12.4 Å². The number of thiazole rings is 1. The number of aryl methyl sites for hydroxylation is 1. The molecule has 5 rings (SSSR count). The summed E-state index contributed by atoms with van der Waals surface area (Å²) in [6, 6.07) is 3.45. The van der Waals surface area contributed by atoms with Crippen LogP contribution in [-0.2, 0) is 0 Å². The van der Waals surface area contributed by atoms with E-state index in [2.05, 4.69) is 30.2 Å². The van der Waals surface area contributed by atoms with Crippen molar-refractivity contribution in [1.82, 2.24) is 24.9 Å². The number of allylic oxidation sites excluding steroid dienone is 1. The number of nitrogens with zero attached hydrogens (tertiary/aromatic N) is 5. The van der Waals surface area contributed by atoms with E-state index in [0.717, 1.165) is 17.7 Å². The lowest BCUT2D eigenvalue weighted by molar-refractivity contribution is 0.102. The van der Waals surface area contributed by atoms with Gasteiger partial charge in [-0.1, -0.05) is 29.0 Å². The zero-order valence-electron chi connectivity index (χ0n) is 18.9. The van der Waals surface area contributed by atoms with Crippen LogP contribution >= 0.6 is 22.9 Å². The van der Waals surface area contributed by atoms with Crippen LogP contribution in [0.3, 0.4) is 0 Å². The van der Waals surface area contributed by atoms with Crippen molar-refractivity contribution in [2.45, 2.75) is 32.3 Å². The average molecular weight is 509 g/mol. The minimum absolute atomic E-state index is 0.282. The quantitative estimate of drug-likeness (QED) is 0.372. The van der Waals surface area contributed by atoms with Gasteiger partial charge in [0.1, 0.15) is 21.2 Å². The summed E-state index contributed by atoms with van der Waals surface area (Å²) in [4.78, 5) is 35.8. The van der Waals surface area contributed by atoms with Gasteiger partial charge in [-0.2, -0.15) is 0 Å². The number of aliphatic hydroxyl groups excluding tert-OH is 1. The molecule has 9 nitrogen and oxygen atoms in total. The Bertz CT molecular complexity index is 1470. The third-order valence-corrected chi connectivity index (χ3v) is 6.76. The van der Waals surface area contributed by atoms with Crippen LogP contribution in [0.5, 0.6) is 5.75 Å². The molecule has 1 aliphatic rings. The summed E-state index contributed by atoms with van der Waals surface area (Å²) in [6.07, 6.45) is 8.37. The second-order valence-corrected chi connectivity index (χ2v) is 9.46. The second-order valence-electron chi connectivity index (χ2n) is 8.09. The number of ether oxygens (including phenoxy) is 1. The molecule has 4 aromatic rings. The number of carbonyl (C=O) groups is 1. The Hall–Kier alpha value is -3.47. The second kappa shape index (κ2) is 9.65. The highest BCUT2D eigenvalue weighted by molar-refractivity contribution is 7.22. The van der Waals surface area contributed by atoms with Crippen LogP contribution in [0.25, 0.3) is 27.0 Å². The summed E-state index contributed by atoms with van der Waals surface area (Å²) in [5, 5.41) is 13.3. The van der Waals surface area contributed by atoms with E-state index in [9.17, 15) is 9.90 Å². The largest absolute Gasteiger partial charge is 0.494 e. The number of halogens is 1. The standard InChI is InChI=1S/C24H21ClN6O3S/c1-12-7-15(16-8-20(25)27-11-19(16)34-2)17(9-26-12)22(33)31-24-29-18-10-28-21(30-23(18)35-24)13-3-5-14(32)6-4-13/h3,7-11,14,32H,4-6H2,1-2H3,(H,29,31,33). The highest BCUT2D eigenvalue weighted by atomic mass is 35.5. The summed E-state index contributed by atoms with van der Waals surface area (Å²) >= 11 is 7.39. The maximum Gasteiger partial charge on any atom is 0.259 e. The number of hydrogen-bond acceptors (Lipinski definition) is 9. The van der Waals surface area contributed by atoms with E-state index in [0.29, 0.717) is 56.6 Å². The van der Waals surface area contributed by atoms with Gasteiger partial charge in [-0.25, -0.2) is 19.9 Å². The molecule has 0 saturated carbocycles. The number of amides is 1. The van der Waals surface area contributed by atoms with Crippen LogP contribution in [0.1, 0.15) is 41.1 Å². The van der Waals surface area contributed by atoms with Gasteiger partial charge in [0.15, 0.2) is 11.0 Å². The number of aromatic nitrogens is 5. The molecule has 4 aromatic heterocycles. The Labute approximate surface area is 209 Å². The van der Waals surface area contributed by atoms with E-state index in [1.54, 1.807) is 18.3 Å². The molecular formula is C24H21ClN6O3S. The smallest absolute Gasteiger partial charge is 0.259 e. The molecule has 35 heavy (non-hydrogen) atoms. The zero-order valence-corrected chi connectivity index (χ0v) is 20.5. The molecule has 1 unspecified atom stereocenters.